The highest BCUT2D eigenvalue weighted by Gasteiger charge is 2.08. The summed E-state index contributed by atoms with van der Waals surface area (Å²) in [6, 6.07) is 10.5. The topological polar surface area (TPSA) is 12.9 Å². The smallest absolute Gasteiger partial charge is 0.123 e. The third-order valence-corrected chi connectivity index (χ3v) is 3.25. The van der Waals surface area contributed by atoms with E-state index in [1.807, 2.05) is 12.1 Å². The average molecular weight is 280 g/mol. The van der Waals surface area contributed by atoms with Gasteiger partial charge < -0.3 is 0 Å². The van der Waals surface area contributed by atoms with E-state index in [2.05, 4.69) is 20.9 Å². The van der Waals surface area contributed by atoms with Gasteiger partial charge in [0.2, 0.25) is 0 Å². The van der Waals surface area contributed by atoms with Crippen LogP contribution in [0.3, 0.4) is 0 Å². The summed E-state index contributed by atoms with van der Waals surface area (Å²) < 4.78 is 12.8. The Morgan fingerprint density at radius 1 is 1.06 bits per heavy atom. The van der Waals surface area contributed by atoms with Crippen LogP contribution in [-0.2, 0) is 6.42 Å². The molecule has 0 amide bonds. The maximum atomic E-state index is 12.8. The Labute approximate surface area is 102 Å². The van der Waals surface area contributed by atoms with Crippen molar-refractivity contribution >= 4 is 15.9 Å². The molecule has 0 N–H and O–H groups in total. The second-order valence-electron chi connectivity index (χ2n) is 3.58. The van der Waals surface area contributed by atoms with E-state index in [1.165, 1.54) is 17.7 Å². The molecule has 0 aliphatic carbocycles. The Kier molecular flexibility index (Phi) is 3.67. The number of alkyl halides is 1. The van der Waals surface area contributed by atoms with Crippen LogP contribution in [0.25, 0.3) is 0 Å². The van der Waals surface area contributed by atoms with Crippen molar-refractivity contribution in [1.82, 2.24) is 4.98 Å². The Morgan fingerprint density at radius 2 is 1.69 bits per heavy atom. The lowest BCUT2D eigenvalue weighted by molar-refractivity contribution is 0.627. The lowest BCUT2D eigenvalue weighted by atomic mass is 10.1. The third-order valence-electron chi connectivity index (χ3n) is 2.40. The zero-order valence-electron chi connectivity index (χ0n) is 8.61. The molecule has 82 valence electrons. The first-order valence-corrected chi connectivity index (χ1v) is 5.96. The molecule has 1 unspecified atom stereocenters. The first kappa shape index (κ1) is 11.3. The number of halogens is 2. The fraction of sp³-hybridized carbons (Fsp3) is 0.154. The fourth-order valence-corrected chi connectivity index (χ4v) is 2.19. The summed E-state index contributed by atoms with van der Waals surface area (Å²) in [6.45, 7) is 0. The maximum absolute atomic E-state index is 12.8. The molecule has 3 heteroatoms. The summed E-state index contributed by atoms with van der Waals surface area (Å²) >= 11 is 3.60. The second kappa shape index (κ2) is 5.21. The van der Waals surface area contributed by atoms with Gasteiger partial charge in [-0.3, -0.25) is 4.98 Å². The Hall–Kier alpha value is -1.22. The van der Waals surface area contributed by atoms with Gasteiger partial charge in [-0.05, 0) is 41.8 Å². The van der Waals surface area contributed by atoms with Crippen molar-refractivity contribution in [2.24, 2.45) is 0 Å². The summed E-state index contributed by atoms with van der Waals surface area (Å²) in [5, 5.41) is 0. The number of pyridine rings is 1. The largest absolute Gasteiger partial charge is 0.265 e. The van der Waals surface area contributed by atoms with Gasteiger partial charge in [0.25, 0.3) is 0 Å². The molecule has 1 nitrogen and oxygen atoms in total. The minimum atomic E-state index is -0.202. The minimum absolute atomic E-state index is 0.202. The highest BCUT2D eigenvalue weighted by molar-refractivity contribution is 9.09. The zero-order valence-corrected chi connectivity index (χ0v) is 10.2. The Balaban J connectivity index is 2.09. The standard InChI is InChI=1S/C13H11BrFN/c14-13(9-10-5-7-16-8-6-10)11-1-3-12(15)4-2-11/h1-8,13H,9H2. The van der Waals surface area contributed by atoms with Gasteiger partial charge in [0.15, 0.2) is 0 Å². The van der Waals surface area contributed by atoms with Crippen molar-refractivity contribution in [1.29, 1.82) is 0 Å². The predicted octanol–water partition coefficient (Wildman–Crippen LogP) is 3.90. The van der Waals surface area contributed by atoms with Gasteiger partial charge >= 0.3 is 0 Å². The van der Waals surface area contributed by atoms with Crippen molar-refractivity contribution in [2.75, 3.05) is 0 Å². The number of aromatic nitrogens is 1. The summed E-state index contributed by atoms with van der Waals surface area (Å²) in [7, 11) is 0. The molecule has 1 atom stereocenters. The molecule has 0 saturated carbocycles. The first-order valence-electron chi connectivity index (χ1n) is 5.04. The van der Waals surface area contributed by atoms with Crippen LogP contribution in [0.1, 0.15) is 16.0 Å². The van der Waals surface area contributed by atoms with E-state index < -0.39 is 0 Å². The highest BCUT2D eigenvalue weighted by atomic mass is 79.9. The normalized spacial score (nSPS) is 12.4. The summed E-state index contributed by atoms with van der Waals surface area (Å²) in [4.78, 5) is 4.18. The molecule has 0 aliphatic heterocycles. The lowest BCUT2D eigenvalue weighted by Gasteiger charge is -2.09. The van der Waals surface area contributed by atoms with Crippen LogP contribution in [0.5, 0.6) is 0 Å². The summed E-state index contributed by atoms with van der Waals surface area (Å²) in [5.41, 5.74) is 2.29. The molecule has 2 aromatic rings. The van der Waals surface area contributed by atoms with Crippen LogP contribution in [0.2, 0.25) is 0 Å². The number of rotatable bonds is 3. The van der Waals surface area contributed by atoms with Crippen molar-refractivity contribution in [3.05, 3.63) is 65.7 Å². The average Bonchev–Trinajstić information content (AvgIpc) is 2.31. The van der Waals surface area contributed by atoms with E-state index in [4.69, 9.17) is 0 Å². The molecule has 0 radical (unpaired) electrons. The van der Waals surface area contributed by atoms with E-state index in [0.29, 0.717) is 0 Å². The first-order chi connectivity index (χ1) is 7.75. The SMILES string of the molecule is Fc1ccc(C(Br)Cc2ccncc2)cc1. The lowest BCUT2D eigenvalue weighted by Crippen LogP contribution is -1.95. The molecule has 0 spiro atoms. The molecule has 0 saturated heterocycles. The van der Waals surface area contributed by atoms with E-state index in [1.54, 1.807) is 24.5 Å². The molecule has 0 bridgehead atoms. The van der Waals surface area contributed by atoms with Gasteiger partial charge in [0, 0.05) is 17.2 Å². The van der Waals surface area contributed by atoms with Crippen LogP contribution in [0, 0.1) is 5.82 Å². The van der Waals surface area contributed by atoms with Gasteiger partial charge in [0.05, 0.1) is 0 Å². The van der Waals surface area contributed by atoms with Crippen molar-refractivity contribution in [3.63, 3.8) is 0 Å². The van der Waals surface area contributed by atoms with Gasteiger partial charge in [-0.15, -0.1) is 0 Å². The fourth-order valence-electron chi connectivity index (χ4n) is 1.52. The molecule has 0 fully saturated rings. The molecular weight excluding hydrogens is 269 g/mol. The maximum Gasteiger partial charge on any atom is 0.123 e. The van der Waals surface area contributed by atoms with E-state index in [9.17, 15) is 4.39 Å². The molecular formula is C13H11BrFN. The molecule has 1 heterocycles. The van der Waals surface area contributed by atoms with Crippen LogP contribution >= 0.6 is 15.9 Å². The van der Waals surface area contributed by atoms with Gasteiger partial charge in [-0.1, -0.05) is 28.1 Å². The molecule has 1 aromatic carbocycles. The molecule has 0 aliphatic rings. The van der Waals surface area contributed by atoms with Crippen LogP contribution in [0.15, 0.2) is 48.8 Å². The third kappa shape index (κ3) is 2.89. The number of hydrogen-bond acceptors (Lipinski definition) is 1. The monoisotopic (exact) mass is 279 g/mol. The van der Waals surface area contributed by atoms with E-state index >= 15 is 0 Å². The molecule has 1 aromatic heterocycles. The number of nitrogens with zero attached hydrogens (tertiary/aromatic N) is 1. The summed E-state index contributed by atoms with van der Waals surface area (Å²) in [6.07, 6.45) is 4.42. The van der Waals surface area contributed by atoms with E-state index in [-0.39, 0.29) is 10.6 Å². The van der Waals surface area contributed by atoms with E-state index in [0.717, 1.165) is 12.0 Å². The number of benzene rings is 1. The number of hydrogen-bond donors (Lipinski definition) is 0. The van der Waals surface area contributed by atoms with Crippen LogP contribution in [-0.4, -0.2) is 4.98 Å². The minimum Gasteiger partial charge on any atom is -0.265 e. The van der Waals surface area contributed by atoms with Crippen molar-refractivity contribution < 1.29 is 4.39 Å². The highest BCUT2D eigenvalue weighted by Crippen LogP contribution is 2.26. The quantitative estimate of drug-likeness (QED) is 0.777. The summed E-state index contributed by atoms with van der Waals surface area (Å²) in [5.74, 6) is -0.202. The van der Waals surface area contributed by atoms with Gasteiger partial charge in [-0.25, -0.2) is 4.39 Å². The van der Waals surface area contributed by atoms with Crippen LogP contribution < -0.4 is 0 Å². The predicted molar refractivity (Wildman–Crippen MR) is 66.0 cm³/mol. The zero-order chi connectivity index (χ0) is 11.4. The second-order valence-corrected chi connectivity index (χ2v) is 4.68. The molecule has 2 rings (SSSR count). The Bertz CT molecular complexity index is 441. The van der Waals surface area contributed by atoms with Crippen molar-refractivity contribution in [2.45, 2.75) is 11.2 Å². The van der Waals surface area contributed by atoms with Gasteiger partial charge in [0.1, 0.15) is 5.82 Å². The van der Waals surface area contributed by atoms with Crippen molar-refractivity contribution in [3.8, 4) is 0 Å². The van der Waals surface area contributed by atoms with Gasteiger partial charge in [-0.2, -0.15) is 0 Å². The Morgan fingerprint density at radius 3 is 2.31 bits per heavy atom. The van der Waals surface area contributed by atoms with Crippen LogP contribution in [0.4, 0.5) is 4.39 Å². The molecule has 16 heavy (non-hydrogen) atoms.